The Hall–Kier alpha value is -2.37. The molecule has 0 unspecified atom stereocenters. The average molecular weight is 242 g/mol. The van der Waals surface area contributed by atoms with Crippen LogP contribution >= 0.6 is 0 Å². The number of hydrogen-bond acceptors (Lipinski definition) is 5. The van der Waals surface area contributed by atoms with Gasteiger partial charge in [-0.25, -0.2) is 9.97 Å². The van der Waals surface area contributed by atoms with Crippen molar-refractivity contribution in [1.82, 2.24) is 19.5 Å². The molecule has 0 spiro atoms. The highest BCUT2D eigenvalue weighted by Gasteiger charge is 2.10. The van der Waals surface area contributed by atoms with Crippen LogP contribution in [0.2, 0.25) is 0 Å². The normalized spacial score (nSPS) is 11.7. The fourth-order valence-electron chi connectivity index (χ4n) is 2.10. The SMILES string of the molecule is CC(C)n1cnc2cc3c(N)nc(N)nc3cc21. The molecule has 18 heavy (non-hydrogen) atoms. The molecule has 0 bridgehead atoms. The number of nitrogens with two attached hydrogens (primary N) is 2. The van der Waals surface area contributed by atoms with Crippen molar-refractivity contribution in [1.29, 1.82) is 0 Å². The molecule has 3 rings (SSSR count). The molecule has 0 saturated carbocycles. The molecule has 4 N–H and O–H groups in total. The summed E-state index contributed by atoms with van der Waals surface area (Å²) in [4.78, 5) is 12.5. The molecule has 0 aliphatic carbocycles. The van der Waals surface area contributed by atoms with Crippen molar-refractivity contribution in [3.8, 4) is 0 Å². The third-order valence-corrected chi connectivity index (χ3v) is 2.99. The Labute approximate surface area is 104 Å². The predicted octanol–water partition coefficient (Wildman–Crippen LogP) is 1.72. The number of aromatic nitrogens is 4. The molecular weight excluding hydrogens is 228 g/mol. The highest BCUT2D eigenvalue weighted by atomic mass is 15.1. The van der Waals surface area contributed by atoms with Crippen molar-refractivity contribution >= 4 is 33.7 Å². The van der Waals surface area contributed by atoms with Gasteiger partial charge in [-0.2, -0.15) is 4.98 Å². The summed E-state index contributed by atoms with van der Waals surface area (Å²) >= 11 is 0. The van der Waals surface area contributed by atoms with Gasteiger partial charge in [0.15, 0.2) is 0 Å². The fourth-order valence-corrected chi connectivity index (χ4v) is 2.10. The minimum atomic E-state index is 0.190. The number of benzene rings is 1. The summed E-state index contributed by atoms with van der Waals surface area (Å²) in [5.74, 6) is 0.577. The molecule has 0 atom stereocenters. The van der Waals surface area contributed by atoms with E-state index in [-0.39, 0.29) is 5.95 Å². The lowest BCUT2D eigenvalue weighted by molar-refractivity contribution is 0.617. The number of rotatable bonds is 1. The van der Waals surface area contributed by atoms with Gasteiger partial charge in [0, 0.05) is 11.4 Å². The van der Waals surface area contributed by atoms with E-state index < -0.39 is 0 Å². The zero-order valence-electron chi connectivity index (χ0n) is 10.3. The van der Waals surface area contributed by atoms with Gasteiger partial charge in [0.05, 0.1) is 22.9 Å². The number of nitrogens with zero attached hydrogens (tertiary/aromatic N) is 4. The quantitative estimate of drug-likeness (QED) is 0.677. The Kier molecular flexibility index (Phi) is 2.13. The maximum Gasteiger partial charge on any atom is 0.222 e. The zero-order chi connectivity index (χ0) is 12.9. The van der Waals surface area contributed by atoms with Gasteiger partial charge in [0.2, 0.25) is 5.95 Å². The van der Waals surface area contributed by atoms with Crippen molar-refractivity contribution in [2.75, 3.05) is 11.5 Å². The van der Waals surface area contributed by atoms with Crippen molar-refractivity contribution in [3.05, 3.63) is 18.5 Å². The van der Waals surface area contributed by atoms with E-state index in [9.17, 15) is 0 Å². The van der Waals surface area contributed by atoms with Gasteiger partial charge >= 0.3 is 0 Å². The van der Waals surface area contributed by atoms with Crippen LogP contribution in [-0.4, -0.2) is 19.5 Å². The van der Waals surface area contributed by atoms with E-state index in [1.165, 1.54) is 0 Å². The van der Waals surface area contributed by atoms with Gasteiger partial charge in [0.1, 0.15) is 5.82 Å². The second kappa shape index (κ2) is 3.56. The molecular formula is C12H14N6. The lowest BCUT2D eigenvalue weighted by atomic mass is 10.2. The molecule has 92 valence electrons. The number of nitrogen functional groups attached to an aromatic ring is 2. The number of imidazole rings is 1. The minimum Gasteiger partial charge on any atom is -0.383 e. The summed E-state index contributed by atoms with van der Waals surface area (Å²) in [6.45, 7) is 4.21. The molecule has 3 aromatic rings. The Morgan fingerprint density at radius 1 is 1.11 bits per heavy atom. The van der Waals surface area contributed by atoms with Gasteiger partial charge in [-0.05, 0) is 26.0 Å². The predicted molar refractivity (Wildman–Crippen MR) is 72.0 cm³/mol. The zero-order valence-corrected chi connectivity index (χ0v) is 10.3. The van der Waals surface area contributed by atoms with E-state index >= 15 is 0 Å². The minimum absolute atomic E-state index is 0.190. The Morgan fingerprint density at radius 3 is 2.61 bits per heavy atom. The highest BCUT2D eigenvalue weighted by molar-refractivity contribution is 5.98. The fraction of sp³-hybridized carbons (Fsp3) is 0.250. The van der Waals surface area contributed by atoms with Crippen LogP contribution in [-0.2, 0) is 0 Å². The first kappa shape index (κ1) is 10.8. The van der Waals surface area contributed by atoms with E-state index in [1.807, 2.05) is 18.5 Å². The average Bonchev–Trinajstić information content (AvgIpc) is 2.69. The van der Waals surface area contributed by atoms with Crippen molar-refractivity contribution < 1.29 is 0 Å². The largest absolute Gasteiger partial charge is 0.383 e. The van der Waals surface area contributed by atoms with E-state index in [1.54, 1.807) is 0 Å². The molecule has 2 aromatic heterocycles. The molecule has 6 heteroatoms. The van der Waals surface area contributed by atoms with Crippen LogP contribution in [0.15, 0.2) is 18.5 Å². The second-order valence-electron chi connectivity index (χ2n) is 4.57. The molecule has 0 radical (unpaired) electrons. The summed E-state index contributed by atoms with van der Waals surface area (Å²) < 4.78 is 2.09. The lowest BCUT2D eigenvalue weighted by Gasteiger charge is -2.08. The third-order valence-electron chi connectivity index (χ3n) is 2.99. The van der Waals surface area contributed by atoms with Crippen molar-refractivity contribution in [3.63, 3.8) is 0 Å². The van der Waals surface area contributed by atoms with Crippen LogP contribution in [0.3, 0.4) is 0 Å². The van der Waals surface area contributed by atoms with Gasteiger partial charge in [0.25, 0.3) is 0 Å². The molecule has 0 amide bonds. The van der Waals surface area contributed by atoms with Gasteiger partial charge in [-0.3, -0.25) is 0 Å². The van der Waals surface area contributed by atoms with Gasteiger partial charge < -0.3 is 16.0 Å². The molecule has 0 aliphatic heterocycles. The van der Waals surface area contributed by atoms with Crippen LogP contribution < -0.4 is 11.5 Å². The molecule has 1 aromatic carbocycles. The van der Waals surface area contributed by atoms with Gasteiger partial charge in [-0.1, -0.05) is 0 Å². The Morgan fingerprint density at radius 2 is 1.89 bits per heavy atom. The van der Waals surface area contributed by atoms with Crippen LogP contribution in [0.4, 0.5) is 11.8 Å². The van der Waals surface area contributed by atoms with Crippen LogP contribution in [0.25, 0.3) is 21.9 Å². The summed E-state index contributed by atoms with van der Waals surface area (Å²) in [6.07, 6.45) is 1.82. The van der Waals surface area contributed by atoms with E-state index in [0.29, 0.717) is 11.9 Å². The monoisotopic (exact) mass is 242 g/mol. The lowest BCUT2D eigenvalue weighted by Crippen LogP contribution is -2.01. The van der Waals surface area contributed by atoms with Crippen LogP contribution in [0.1, 0.15) is 19.9 Å². The highest BCUT2D eigenvalue weighted by Crippen LogP contribution is 2.26. The van der Waals surface area contributed by atoms with E-state index in [4.69, 9.17) is 11.5 Å². The summed E-state index contributed by atoms with van der Waals surface area (Å²) in [6, 6.07) is 4.19. The maximum absolute atomic E-state index is 5.85. The van der Waals surface area contributed by atoms with E-state index in [2.05, 4.69) is 33.4 Å². The molecule has 0 aliphatic rings. The summed E-state index contributed by atoms with van der Waals surface area (Å²) in [5, 5.41) is 0.783. The first-order valence-corrected chi connectivity index (χ1v) is 5.75. The molecule has 6 nitrogen and oxygen atoms in total. The smallest absolute Gasteiger partial charge is 0.222 e. The van der Waals surface area contributed by atoms with Crippen molar-refractivity contribution in [2.45, 2.75) is 19.9 Å². The second-order valence-corrected chi connectivity index (χ2v) is 4.57. The summed E-state index contributed by atoms with van der Waals surface area (Å²) in [5.41, 5.74) is 14.1. The topological polar surface area (TPSA) is 95.6 Å². The molecule has 2 heterocycles. The Balaban J connectivity index is 2.42. The van der Waals surface area contributed by atoms with E-state index in [0.717, 1.165) is 21.9 Å². The van der Waals surface area contributed by atoms with Crippen LogP contribution in [0.5, 0.6) is 0 Å². The molecule has 0 saturated heterocycles. The summed E-state index contributed by atoms with van der Waals surface area (Å²) in [7, 11) is 0. The first-order valence-electron chi connectivity index (χ1n) is 5.75. The van der Waals surface area contributed by atoms with Crippen molar-refractivity contribution in [2.24, 2.45) is 0 Å². The van der Waals surface area contributed by atoms with Gasteiger partial charge in [-0.15, -0.1) is 0 Å². The number of fused-ring (bicyclic) bond motifs is 2. The first-order chi connectivity index (χ1) is 8.56. The number of hydrogen-bond donors (Lipinski definition) is 2. The third kappa shape index (κ3) is 1.46. The maximum atomic E-state index is 5.85. The standard InChI is InChI=1S/C12H14N6/c1-6(2)18-5-15-9-3-7-8(4-10(9)18)16-12(14)17-11(7)13/h3-6H,1-2H3,(H4,13,14,16,17). The van der Waals surface area contributed by atoms with Crippen LogP contribution in [0, 0.1) is 0 Å². The molecule has 0 fully saturated rings. The number of anilines is 2. The Bertz CT molecular complexity index is 743.